The number of hydrogen-bond acceptors (Lipinski definition) is 3. The lowest BCUT2D eigenvalue weighted by molar-refractivity contribution is 0.386. The summed E-state index contributed by atoms with van der Waals surface area (Å²) in [5.41, 5.74) is 1.01. The fraction of sp³-hybridized carbons (Fsp3) is 0.375. The molecule has 112 valence electrons. The van der Waals surface area contributed by atoms with Crippen molar-refractivity contribution in [2.75, 3.05) is 7.11 Å². The summed E-state index contributed by atoms with van der Waals surface area (Å²) in [7, 11) is 1.41. The van der Waals surface area contributed by atoms with Gasteiger partial charge in [0.25, 0.3) is 5.56 Å². The molecule has 0 amide bonds. The Bertz CT molecular complexity index is 730. The van der Waals surface area contributed by atoms with Crippen molar-refractivity contribution in [3.63, 3.8) is 0 Å². The summed E-state index contributed by atoms with van der Waals surface area (Å²) in [6, 6.07) is 4.56. The second kappa shape index (κ2) is 5.31. The van der Waals surface area contributed by atoms with Gasteiger partial charge in [-0.15, -0.1) is 0 Å². The van der Waals surface area contributed by atoms with Crippen LogP contribution in [0.4, 0.5) is 4.39 Å². The number of H-pyrrole nitrogens is 1. The molecule has 2 aromatic rings. The van der Waals surface area contributed by atoms with E-state index in [-0.39, 0.29) is 16.7 Å². The van der Waals surface area contributed by atoms with E-state index < -0.39 is 5.82 Å². The van der Waals surface area contributed by atoms with Gasteiger partial charge in [0.15, 0.2) is 11.6 Å². The van der Waals surface area contributed by atoms with Crippen LogP contribution in [0.15, 0.2) is 23.0 Å². The lowest BCUT2D eigenvalue weighted by Crippen LogP contribution is -2.24. The van der Waals surface area contributed by atoms with E-state index in [1.807, 2.05) is 20.8 Å². The van der Waals surface area contributed by atoms with Crippen molar-refractivity contribution in [1.82, 2.24) is 9.97 Å². The molecule has 0 radical (unpaired) electrons. The van der Waals surface area contributed by atoms with Gasteiger partial charge in [0, 0.05) is 16.5 Å². The first-order valence-electron chi connectivity index (χ1n) is 6.69. The monoisotopic (exact) mass is 290 g/mol. The van der Waals surface area contributed by atoms with E-state index in [1.54, 1.807) is 13.0 Å². The smallest absolute Gasteiger partial charge is 0.254 e. The zero-order chi connectivity index (χ0) is 15.8. The van der Waals surface area contributed by atoms with Gasteiger partial charge in [-0.2, -0.15) is 0 Å². The summed E-state index contributed by atoms with van der Waals surface area (Å²) in [5, 5.41) is 0. The van der Waals surface area contributed by atoms with Gasteiger partial charge in [0.05, 0.1) is 12.8 Å². The number of nitrogens with zero attached hydrogens (tertiary/aromatic N) is 1. The highest BCUT2D eigenvalue weighted by Gasteiger charge is 2.20. The summed E-state index contributed by atoms with van der Waals surface area (Å²) >= 11 is 0. The van der Waals surface area contributed by atoms with Crippen LogP contribution in [0.3, 0.4) is 0 Å². The number of rotatable bonds is 2. The molecule has 0 atom stereocenters. The van der Waals surface area contributed by atoms with E-state index in [2.05, 4.69) is 9.97 Å². The van der Waals surface area contributed by atoms with Crippen molar-refractivity contribution in [2.45, 2.75) is 33.1 Å². The number of benzene rings is 1. The Hall–Kier alpha value is -2.17. The average Bonchev–Trinajstić information content (AvgIpc) is 2.40. The molecule has 0 bridgehead atoms. The fourth-order valence-corrected chi connectivity index (χ4v) is 1.98. The average molecular weight is 290 g/mol. The molecular weight excluding hydrogens is 271 g/mol. The Morgan fingerprint density at radius 3 is 2.48 bits per heavy atom. The van der Waals surface area contributed by atoms with Crippen LogP contribution in [0, 0.1) is 12.7 Å². The molecule has 5 heteroatoms. The molecule has 1 aromatic heterocycles. The highest BCUT2D eigenvalue weighted by Crippen LogP contribution is 2.27. The van der Waals surface area contributed by atoms with Gasteiger partial charge in [-0.1, -0.05) is 20.8 Å². The summed E-state index contributed by atoms with van der Waals surface area (Å²) in [6.07, 6.45) is 0. The Morgan fingerprint density at radius 2 is 1.95 bits per heavy atom. The lowest BCUT2D eigenvalue weighted by Gasteiger charge is -2.19. The van der Waals surface area contributed by atoms with Crippen molar-refractivity contribution in [3.05, 3.63) is 45.8 Å². The number of ether oxygens (including phenoxy) is 1. The molecule has 2 rings (SSSR count). The second-order valence-corrected chi connectivity index (χ2v) is 5.99. The van der Waals surface area contributed by atoms with E-state index in [1.165, 1.54) is 19.2 Å². The van der Waals surface area contributed by atoms with Gasteiger partial charge in [-0.05, 0) is 25.1 Å². The van der Waals surface area contributed by atoms with Crippen molar-refractivity contribution >= 4 is 0 Å². The maximum Gasteiger partial charge on any atom is 0.254 e. The van der Waals surface area contributed by atoms with Gasteiger partial charge in [0.1, 0.15) is 5.82 Å². The number of methoxy groups -OCH3 is 1. The number of hydrogen-bond donors (Lipinski definition) is 1. The number of aromatic amines is 1. The third-order valence-corrected chi connectivity index (χ3v) is 3.29. The minimum atomic E-state index is -0.478. The van der Waals surface area contributed by atoms with Gasteiger partial charge in [-0.3, -0.25) is 4.79 Å². The Labute approximate surface area is 123 Å². The normalized spacial score (nSPS) is 11.5. The first-order valence-corrected chi connectivity index (χ1v) is 6.69. The molecular formula is C16H19FN2O2. The van der Waals surface area contributed by atoms with E-state index in [9.17, 15) is 9.18 Å². The van der Waals surface area contributed by atoms with Crippen molar-refractivity contribution in [2.24, 2.45) is 0 Å². The summed E-state index contributed by atoms with van der Waals surface area (Å²) in [6.45, 7) is 7.55. The van der Waals surface area contributed by atoms with Gasteiger partial charge in [0.2, 0.25) is 0 Å². The van der Waals surface area contributed by atoms with Crippen molar-refractivity contribution in [1.29, 1.82) is 0 Å². The maximum absolute atomic E-state index is 13.9. The quantitative estimate of drug-likeness (QED) is 0.924. The summed E-state index contributed by atoms with van der Waals surface area (Å²) < 4.78 is 18.8. The molecule has 0 unspecified atom stereocenters. The largest absolute Gasteiger partial charge is 0.494 e. The molecule has 21 heavy (non-hydrogen) atoms. The van der Waals surface area contributed by atoms with Gasteiger partial charge >= 0.3 is 0 Å². The van der Waals surface area contributed by atoms with E-state index in [0.717, 1.165) is 0 Å². The molecule has 1 aromatic carbocycles. The second-order valence-electron chi connectivity index (χ2n) is 5.99. The Kier molecular flexibility index (Phi) is 3.85. The van der Waals surface area contributed by atoms with Crippen molar-refractivity contribution < 1.29 is 9.13 Å². The highest BCUT2D eigenvalue weighted by atomic mass is 19.1. The zero-order valence-electron chi connectivity index (χ0n) is 12.9. The number of aromatic nitrogens is 2. The van der Waals surface area contributed by atoms with Gasteiger partial charge < -0.3 is 9.72 Å². The van der Waals surface area contributed by atoms with Crippen LogP contribution in [-0.2, 0) is 5.41 Å². The zero-order valence-corrected chi connectivity index (χ0v) is 12.9. The first-order chi connectivity index (χ1) is 9.74. The number of halogens is 1. The van der Waals surface area contributed by atoms with Crippen LogP contribution in [-0.4, -0.2) is 17.1 Å². The third kappa shape index (κ3) is 2.96. The predicted molar refractivity (Wildman–Crippen MR) is 80.2 cm³/mol. The maximum atomic E-state index is 13.9. The molecule has 0 saturated heterocycles. The molecule has 0 spiro atoms. The van der Waals surface area contributed by atoms with Gasteiger partial charge in [-0.25, -0.2) is 9.37 Å². The molecule has 0 saturated carbocycles. The molecule has 1 heterocycles. The topological polar surface area (TPSA) is 55.0 Å². The third-order valence-electron chi connectivity index (χ3n) is 3.29. The molecule has 0 fully saturated rings. The van der Waals surface area contributed by atoms with Crippen molar-refractivity contribution in [3.8, 4) is 17.0 Å². The van der Waals surface area contributed by atoms with Crippen LogP contribution in [0.5, 0.6) is 5.75 Å². The molecule has 0 aliphatic heterocycles. The minimum Gasteiger partial charge on any atom is -0.494 e. The fourth-order valence-electron chi connectivity index (χ4n) is 1.98. The van der Waals surface area contributed by atoms with E-state index in [0.29, 0.717) is 22.6 Å². The van der Waals surface area contributed by atoms with Crippen LogP contribution in [0.25, 0.3) is 11.3 Å². The summed E-state index contributed by atoms with van der Waals surface area (Å²) in [4.78, 5) is 19.4. The SMILES string of the molecule is COc1ccc(-c2nc(C(C)(C)C)[nH]c(=O)c2C)cc1F. The van der Waals surface area contributed by atoms with Crippen LogP contribution >= 0.6 is 0 Å². The van der Waals surface area contributed by atoms with Crippen LogP contribution in [0.1, 0.15) is 32.2 Å². The Morgan fingerprint density at radius 1 is 1.29 bits per heavy atom. The van der Waals surface area contributed by atoms with Crippen LogP contribution in [0.2, 0.25) is 0 Å². The predicted octanol–water partition coefficient (Wildman–Crippen LogP) is 3.19. The Balaban J connectivity index is 2.66. The standard InChI is InChI=1S/C16H19FN2O2/c1-9-13(10-6-7-12(21-5)11(17)8-10)18-15(16(2,3)4)19-14(9)20/h6-8H,1-5H3,(H,18,19,20). The number of nitrogens with one attached hydrogen (secondary N) is 1. The summed E-state index contributed by atoms with van der Waals surface area (Å²) in [5.74, 6) is 0.260. The molecule has 0 aliphatic carbocycles. The first kappa shape index (κ1) is 15.2. The van der Waals surface area contributed by atoms with E-state index >= 15 is 0 Å². The molecule has 0 aliphatic rings. The highest BCUT2D eigenvalue weighted by molar-refractivity contribution is 5.63. The molecule has 1 N–H and O–H groups in total. The van der Waals surface area contributed by atoms with Crippen LogP contribution < -0.4 is 10.3 Å². The minimum absolute atomic E-state index is 0.164. The van der Waals surface area contributed by atoms with E-state index in [4.69, 9.17) is 4.74 Å². The lowest BCUT2D eigenvalue weighted by atomic mass is 9.95. The molecule has 4 nitrogen and oxygen atoms in total.